The zero-order valence-electron chi connectivity index (χ0n) is 13.0. The van der Waals surface area contributed by atoms with E-state index in [9.17, 15) is 0 Å². The number of imidazole rings is 1. The van der Waals surface area contributed by atoms with E-state index in [-0.39, 0.29) is 0 Å². The second kappa shape index (κ2) is 6.95. The highest BCUT2D eigenvalue weighted by molar-refractivity contribution is 7.14. The van der Waals surface area contributed by atoms with Gasteiger partial charge in [-0.15, -0.1) is 11.3 Å². The monoisotopic (exact) mass is 344 g/mol. The molecule has 4 heterocycles. The molecular formula is C17H20N4S2. The molecule has 0 saturated heterocycles. The number of nitrogens with zero attached hydrogens (tertiary/aromatic N) is 3. The Kier molecular flexibility index (Phi) is 4.55. The number of nitrogens with one attached hydrogen (secondary N) is 1. The van der Waals surface area contributed by atoms with Crippen LogP contribution >= 0.6 is 22.7 Å². The van der Waals surface area contributed by atoms with Crippen molar-refractivity contribution in [3.63, 3.8) is 0 Å². The molecule has 0 saturated carbocycles. The van der Waals surface area contributed by atoms with Crippen molar-refractivity contribution in [1.29, 1.82) is 0 Å². The van der Waals surface area contributed by atoms with Crippen LogP contribution in [0.5, 0.6) is 0 Å². The normalized spacial score (nSPS) is 14.1. The molecule has 0 spiro atoms. The summed E-state index contributed by atoms with van der Waals surface area (Å²) in [7, 11) is 0. The maximum atomic E-state index is 4.74. The summed E-state index contributed by atoms with van der Waals surface area (Å²) in [6, 6.07) is 2.13. The topological polar surface area (TPSA) is 42.7 Å². The molecule has 0 aliphatic carbocycles. The first-order chi connectivity index (χ1) is 11.4. The van der Waals surface area contributed by atoms with Crippen LogP contribution in [0.1, 0.15) is 30.1 Å². The number of aromatic nitrogens is 3. The van der Waals surface area contributed by atoms with Gasteiger partial charge >= 0.3 is 0 Å². The Hall–Kier alpha value is -1.50. The molecule has 0 amide bonds. The summed E-state index contributed by atoms with van der Waals surface area (Å²) in [5.74, 6) is 1.27. The molecule has 120 valence electrons. The van der Waals surface area contributed by atoms with Crippen molar-refractivity contribution in [1.82, 2.24) is 19.9 Å². The van der Waals surface area contributed by atoms with Crippen LogP contribution in [0.25, 0.3) is 10.6 Å². The minimum Gasteiger partial charge on any atom is -0.335 e. The van der Waals surface area contributed by atoms with Gasteiger partial charge in [-0.2, -0.15) is 11.3 Å². The lowest BCUT2D eigenvalue weighted by molar-refractivity contribution is 0.522. The lowest BCUT2D eigenvalue weighted by Gasteiger charge is -2.11. The minimum absolute atomic E-state index is 0.828. The highest BCUT2D eigenvalue weighted by Crippen LogP contribution is 2.25. The maximum absolute atomic E-state index is 4.74. The number of aryl methyl sites for hydroxylation is 2. The van der Waals surface area contributed by atoms with Gasteiger partial charge in [0.25, 0.3) is 0 Å². The number of rotatable bonds is 6. The quantitative estimate of drug-likeness (QED) is 0.693. The molecule has 0 fully saturated rings. The van der Waals surface area contributed by atoms with Gasteiger partial charge in [0, 0.05) is 55.0 Å². The molecule has 0 aromatic carbocycles. The minimum atomic E-state index is 0.828. The summed E-state index contributed by atoms with van der Waals surface area (Å²) < 4.78 is 2.33. The number of hydrogen-bond donors (Lipinski definition) is 1. The van der Waals surface area contributed by atoms with Gasteiger partial charge in [-0.25, -0.2) is 9.97 Å². The average molecular weight is 345 g/mol. The van der Waals surface area contributed by atoms with Crippen LogP contribution in [0.15, 0.2) is 28.4 Å². The maximum Gasteiger partial charge on any atom is 0.124 e. The first kappa shape index (κ1) is 15.1. The fourth-order valence-electron chi connectivity index (χ4n) is 2.93. The summed E-state index contributed by atoms with van der Waals surface area (Å²) in [4.78, 5) is 9.44. The van der Waals surface area contributed by atoms with Crippen molar-refractivity contribution in [2.24, 2.45) is 0 Å². The average Bonchev–Trinajstić information content (AvgIpc) is 3.30. The van der Waals surface area contributed by atoms with Gasteiger partial charge in [0.1, 0.15) is 10.8 Å². The Morgan fingerprint density at radius 2 is 2.17 bits per heavy atom. The molecule has 6 heteroatoms. The molecule has 3 aromatic heterocycles. The van der Waals surface area contributed by atoms with Crippen LogP contribution in [0.2, 0.25) is 0 Å². The van der Waals surface area contributed by atoms with Gasteiger partial charge in [0.15, 0.2) is 0 Å². The predicted octanol–water partition coefficient (Wildman–Crippen LogP) is 3.74. The van der Waals surface area contributed by atoms with E-state index in [2.05, 4.69) is 38.3 Å². The van der Waals surface area contributed by atoms with E-state index in [1.807, 2.05) is 0 Å². The van der Waals surface area contributed by atoms with Crippen LogP contribution in [0, 0.1) is 0 Å². The smallest absolute Gasteiger partial charge is 0.124 e. The molecular weight excluding hydrogens is 324 g/mol. The Morgan fingerprint density at radius 3 is 3.04 bits per heavy atom. The Morgan fingerprint density at radius 1 is 1.17 bits per heavy atom. The van der Waals surface area contributed by atoms with E-state index < -0.39 is 0 Å². The van der Waals surface area contributed by atoms with E-state index >= 15 is 0 Å². The van der Waals surface area contributed by atoms with Crippen molar-refractivity contribution in [2.45, 2.75) is 38.8 Å². The molecule has 1 N–H and O–H groups in total. The second-order valence-electron chi connectivity index (χ2n) is 5.88. The number of hydrogen-bond acceptors (Lipinski definition) is 5. The first-order valence-electron chi connectivity index (χ1n) is 8.11. The molecule has 4 rings (SSSR count). The fraction of sp³-hybridized carbons (Fsp3) is 0.412. The SMILES string of the molecule is c1cc(-c2nc(CNCCc3cn4c(n3)CCCC4)cs2)cs1. The summed E-state index contributed by atoms with van der Waals surface area (Å²) >= 11 is 3.44. The summed E-state index contributed by atoms with van der Waals surface area (Å²) in [6.45, 7) is 2.91. The lowest BCUT2D eigenvalue weighted by Crippen LogP contribution is -2.17. The van der Waals surface area contributed by atoms with Crippen molar-refractivity contribution in [3.8, 4) is 10.6 Å². The number of fused-ring (bicyclic) bond motifs is 1. The molecule has 0 radical (unpaired) electrons. The zero-order chi connectivity index (χ0) is 15.5. The van der Waals surface area contributed by atoms with Crippen LogP contribution in [-0.2, 0) is 25.9 Å². The third kappa shape index (κ3) is 3.54. The van der Waals surface area contributed by atoms with Crippen LogP contribution < -0.4 is 5.32 Å². The van der Waals surface area contributed by atoms with E-state index in [1.54, 1.807) is 22.7 Å². The molecule has 1 aliphatic rings. The van der Waals surface area contributed by atoms with Gasteiger partial charge in [0.2, 0.25) is 0 Å². The fourth-order valence-corrected chi connectivity index (χ4v) is 4.46. The Labute approximate surface area is 144 Å². The van der Waals surface area contributed by atoms with Crippen LogP contribution in [0.4, 0.5) is 0 Å². The van der Waals surface area contributed by atoms with Gasteiger partial charge in [-0.1, -0.05) is 0 Å². The lowest BCUT2D eigenvalue weighted by atomic mass is 10.2. The van der Waals surface area contributed by atoms with E-state index in [4.69, 9.17) is 9.97 Å². The third-order valence-corrected chi connectivity index (χ3v) is 5.77. The van der Waals surface area contributed by atoms with Gasteiger partial charge in [-0.05, 0) is 24.3 Å². The highest BCUT2D eigenvalue weighted by atomic mass is 32.1. The summed E-state index contributed by atoms with van der Waals surface area (Å²) in [5.41, 5.74) is 3.57. The molecule has 1 aliphatic heterocycles. The molecule has 0 atom stereocenters. The third-order valence-electron chi connectivity index (χ3n) is 4.14. The van der Waals surface area contributed by atoms with Gasteiger partial charge in [0.05, 0.1) is 11.4 Å². The first-order valence-corrected chi connectivity index (χ1v) is 9.93. The molecule has 23 heavy (non-hydrogen) atoms. The standard InChI is InChI=1S/C17H20N4S2/c1-2-7-21-10-14(19-16(21)3-1)4-6-18-9-15-12-23-17(20-15)13-5-8-22-11-13/h5,8,10-12,18H,1-4,6-7,9H2. The van der Waals surface area contributed by atoms with Crippen molar-refractivity contribution in [2.75, 3.05) is 6.54 Å². The summed E-state index contributed by atoms with van der Waals surface area (Å²) in [5, 5.41) is 11.0. The van der Waals surface area contributed by atoms with Gasteiger partial charge < -0.3 is 9.88 Å². The molecule has 4 nitrogen and oxygen atoms in total. The molecule has 0 bridgehead atoms. The Bertz CT molecular complexity index is 734. The highest BCUT2D eigenvalue weighted by Gasteiger charge is 2.11. The molecule has 3 aromatic rings. The van der Waals surface area contributed by atoms with Crippen molar-refractivity contribution < 1.29 is 0 Å². The van der Waals surface area contributed by atoms with Crippen LogP contribution in [-0.4, -0.2) is 21.1 Å². The van der Waals surface area contributed by atoms with Crippen molar-refractivity contribution in [3.05, 3.63) is 45.6 Å². The zero-order valence-corrected chi connectivity index (χ0v) is 14.6. The van der Waals surface area contributed by atoms with E-state index in [0.717, 1.165) is 43.2 Å². The van der Waals surface area contributed by atoms with Gasteiger partial charge in [-0.3, -0.25) is 0 Å². The molecule has 0 unspecified atom stereocenters. The number of thiazole rings is 1. The number of thiophene rings is 1. The largest absolute Gasteiger partial charge is 0.335 e. The van der Waals surface area contributed by atoms with E-state index in [0.29, 0.717) is 0 Å². The second-order valence-corrected chi connectivity index (χ2v) is 7.52. The predicted molar refractivity (Wildman–Crippen MR) is 96.0 cm³/mol. The Balaban J connectivity index is 1.26. The summed E-state index contributed by atoms with van der Waals surface area (Å²) in [6.07, 6.45) is 6.93. The van der Waals surface area contributed by atoms with E-state index in [1.165, 1.54) is 29.9 Å². The van der Waals surface area contributed by atoms with Crippen LogP contribution in [0.3, 0.4) is 0 Å². The van der Waals surface area contributed by atoms with Crippen molar-refractivity contribution >= 4 is 22.7 Å².